The van der Waals surface area contributed by atoms with Gasteiger partial charge in [-0.1, -0.05) is 38.1 Å². The van der Waals surface area contributed by atoms with E-state index in [-0.39, 0.29) is 11.4 Å². The second-order valence-corrected chi connectivity index (χ2v) is 10.5. The van der Waals surface area contributed by atoms with Gasteiger partial charge in [-0.25, -0.2) is 13.4 Å². The molecule has 1 N–H and O–H groups in total. The van der Waals surface area contributed by atoms with Crippen LogP contribution in [0.5, 0.6) is 0 Å². The van der Waals surface area contributed by atoms with Gasteiger partial charge in [-0.05, 0) is 30.3 Å². The lowest BCUT2D eigenvalue weighted by Gasteiger charge is -2.19. The summed E-state index contributed by atoms with van der Waals surface area (Å²) >= 11 is 1.56. The highest BCUT2D eigenvalue weighted by molar-refractivity contribution is 7.89. The maximum Gasteiger partial charge on any atom is 0.251 e. The number of hydrogen-bond acceptors (Lipinski definition) is 6. The second-order valence-electron chi connectivity index (χ2n) is 7.54. The van der Waals surface area contributed by atoms with E-state index in [0.717, 1.165) is 31.4 Å². The second kappa shape index (κ2) is 9.88. The number of fused-ring (bicyclic) bond motifs is 1. The Hall–Kier alpha value is -3.34. The average molecular weight is 497 g/mol. The van der Waals surface area contributed by atoms with E-state index < -0.39 is 21.5 Å². The number of nitrogens with zero attached hydrogens (tertiary/aromatic N) is 3. The lowest BCUT2D eigenvalue weighted by molar-refractivity contribution is -0.116. The van der Waals surface area contributed by atoms with E-state index in [0.29, 0.717) is 18.8 Å². The van der Waals surface area contributed by atoms with Crippen molar-refractivity contribution in [2.75, 3.05) is 18.4 Å². The van der Waals surface area contributed by atoms with Crippen molar-refractivity contribution in [3.8, 4) is 10.6 Å². The number of benzene rings is 2. The van der Waals surface area contributed by atoms with Crippen LogP contribution in [0.4, 0.5) is 5.69 Å². The van der Waals surface area contributed by atoms with Crippen molar-refractivity contribution in [2.45, 2.75) is 25.3 Å². The SMILES string of the molecule is CCN(CC)S(=O)(=O)c1ccc(=O)n(CC(=O)Nc2cccc(-c3nc4ccccc4s3)c2)c1. The average Bonchev–Trinajstić information content (AvgIpc) is 3.25. The van der Waals surface area contributed by atoms with Crippen molar-refractivity contribution >= 4 is 43.2 Å². The van der Waals surface area contributed by atoms with Crippen LogP contribution in [0.15, 0.2) is 76.6 Å². The van der Waals surface area contributed by atoms with Crippen molar-refractivity contribution in [1.29, 1.82) is 0 Å². The molecule has 4 aromatic rings. The third-order valence-electron chi connectivity index (χ3n) is 5.30. The molecule has 0 aliphatic heterocycles. The molecule has 0 bridgehead atoms. The zero-order chi connectivity index (χ0) is 24.3. The monoisotopic (exact) mass is 496 g/mol. The number of sulfonamides is 1. The maximum absolute atomic E-state index is 12.8. The highest BCUT2D eigenvalue weighted by atomic mass is 32.2. The number of pyridine rings is 1. The normalized spacial score (nSPS) is 11.7. The van der Waals surface area contributed by atoms with Gasteiger partial charge in [-0.2, -0.15) is 4.31 Å². The molecule has 10 heteroatoms. The number of para-hydroxylation sites is 1. The van der Waals surface area contributed by atoms with Crippen LogP contribution < -0.4 is 10.9 Å². The van der Waals surface area contributed by atoms with Crippen molar-refractivity contribution in [3.63, 3.8) is 0 Å². The van der Waals surface area contributed by atoms with Gasteiger partial charge >= 0.3 is 0 Å². The van der Waals surface area contributed by atoms with Crippen LogP contribution >= 0.6 is 11.3 Å². The summed E-state index contributed by atoms with van der Waals surface area (Å²) in [7, 11) is -3.75. The molecular formula is C24H24N4O4S2. The molecule has 0 spiro atoms. The first-order chi connectivity index (χ1) is 16.3. The van der Waals surface area contributed by atoms with Crippen molar-refractivity contribution in [3.05, 3.63) is 77.2 Å². The fourth-order valence-corrected chi connectivity index (χ4v) is 6.02. The Morgan fingerprint density at radius 1 is 1.06 bits per heavy atom. The Morgan fingerprint density at radius 3 is 2.56 bits per heavy atom. The molecule has 176 valence electrons. The Morgan fingerprint density at radius 2 is 1.82 bits per heavy atom. The number of carbonyl (C=O) groups is 1. The Labute approximate surface area is 201 Å². The summed E-state index contributed by atoms with van der Waals surface area (Å²) < 4.78 is 29.0. The molecule has 0 fully saturated rings. The first-order valence-electron chi connectivity index (χ1n) is 10.8. The van der Waals surface area contributed by atoms with Gasteiger partial charge in [0.1, 0.15) is 11.6 Å². The Kier molecular flexibility index (Phi) is 6.92. The molecule has 2 aromatic carbocycles. The lowest BCUT2D eigenvalue weighted by atomic mass is 10.2. The van der Waals surface area contributed by atoms with Crippen LogP contribution in [0.3, 0.4) is 0 Å². The van der Waals surface area contributed by atoms with Gasteiger partial charge in [-0.3, -0.25) is 9.59 Å². The van der Waals surface area contributed by atoms with Crippen LogP contribution in [0.1, 0.15) is 13.8 Å². The van der Waals surface area contributed by atoms with Crippen LogP contribution in [0.25, 0.3) is 20.8 Å². The van der Waals surface area contributed by atoms with E-state index in [2.05, 4.69) is 10.3 Å². The first kappa shape index (κ1) is 23.8. The van der Waals surface area contributed by atoms with Gasteiger partial charge in [-0.15, -0.1) is 11.3 Å². The predicted octanol–water partition coefficient (Wildman–Crippen LogP) is 3.79. The summed E-state index contributed by atoms with van der Waals surface area (Å²) in [5.74, 6) is -0.444. The number of anilines is 1. The summed E-state index contributed by atoms with van der Waals surface area (Å²) in [4.78, 5) is 29.6. The smallest absolute Gasteiger partial charge is 0.251 e. The number of hydrogen-bond donors (Lipinski definition) is 1. The maximum atomic E-state index is 12.8. The van der Waals surface area contributed by atoms with Gasteiger partial charge in [0.05, 0.1) is 15.1 Å². The number of nitrogens with one attached hydrogen (secondary N) is 1. The quantitative estimate of drug-likeness (QED) is 0.400. The van der Waals surface area contributed by atoms with Crippen molar-refractivity contribution < 1.29 is 13.2 Å². The fourth-order valence-electron chi connectivity index (χ4n) is 3.58. The zero-order valence-corrected chi connectivity index (χ0v) is 20.4. The standard InChI is InChI=1S/C24H24N4O4S2/c1-3-28(4-2)34(31,32)19-12-13-23(30)27(15-19)16-22(29)25-18-9-7-8-17(14-18)24-26-20-10-5-6-11-21(20)33-24/h5-15H,3-4,16H2,1-2H3,(H,25,29). The number of rotatable bonds is 8. The summed E-state index contributed by atoms with van der Waals surface area (Å²) in [6.07, 6.45) is 1.22. The molecule has 4 rings (SSSR count). The summed E-state index contributed by atoms with van der Waals surface area (Å²) in [5, 5.41) is 3.62. The van der Waals surface area contributed by atoms with Gasteiger partial charge in [0.15, 0.2) is 0 Å². The van der Waals surface area contributed by atoms with Crippen LogP contribution in [0, 0.1) is 0 Å². The third-order valence-corrected chi connectivity index (χ3v) is 8.42. The molecule has 0 unspecified atom stereocenters. The van der Waals surface area contributed by atoms with Crippen LogP contribution in [-0.4, -0.2) is 41.3 Å². The Bertz CT molecular complexity index is 1470. The number of amides is 1. The van der Waals surface area contributed by atoms with Gasteiger partial charge in [0.2, 0.25) is 15.9 Å². The largest absolute Gasteiger partial charge is 0.325 e. The number of carbonyl (C=O) groups excluding carboxylic acids is 1. The van der Waals surface area contributed by atoms with Crippen molar-refractivity contribution in [2.24, 2.45) is 0 Å². The minimum absolute atomic E-state index is 0.0265. The third kappa shape index (κ3) is 4.93. The van der Waals surface area contributed by atoms with Crippen LogP contribution in [-0.2, 0) is 21.4 Å². The minimum atomic E-state index is -3.75. The molecule has 0 aliphatic rings. The Balaban J connectivity index is 1.53. The van der Waals surface area contributed by atoms with E-state index in [9.17, 15) is 18.0 Å². The number of thiazole rings is 1. The van der Waals surface area contributed by atoms with Gasteiger partial charge in [0.25, 0.3) is 5.56 Å². The van der Waals surface area contributed by atoms with Crippen LogP contribution in [0.2, 0.25) is 0 Å². The summed E-state index contributed by atoms with van der Waals surface area (Å²) in [5.41, 5.74) is 1.87. The molecule has 8 nitrogen and oxygen atoms in total. The molecule has 0 saturated heterocycles. The van der Waals surface area contributed by atoms with Gasteiger partial charge < -0.3 is 9.88 Å². The molecule has 1 amide bonds. The molecule has 2 aromatic heterocycles. The number of aromatic nitrogens is 2. The fraction of sp³-hybridized carbons (Fsp3) is 0.208. The lowest BCUT2D eigenvalue weighted by Crippen LogP contribution is -2.33. The molecule has 0 atom stereocenters. The molecule has 0 saturated carbocycles. The molecule has 0 aliphatic carbocycles. The predicted molar refractivity (Wildman–Crippen MR) is 134 cm³/mol. The van der Waals surface area contributed by atoms with Crippen molar-refractivity contribution in [1.82, 2.24) is 13.9 Å². The summed E-state index contributed by atoms with van der Waals surface area (Å²) in [6.45, 7) is 3.79. The van der Waals surface area contributed by atoms with E-state index >= 15 is 0 Å². The zero-order valence-electron chi connectivity index (χ0n) is 18.8. The highest BCUT2D eigenvalue weighted by Crippen LogP contribution is 2.31. The van der Waals surface area contributed by atoms with E-state index in [4.69, 9.17) is 0 Å². The van der Waals surface area contributed by atoms with E-state index in [1.54, 1.807) is 31.3 Å². The topological polar surface area (TPSA) is 101 Å². The van der Waals surface area contributed by atoms with Gasteiger partial charge in [0, 0.05) is 36.6 Å². The highest BCUT2D eigenvalue weighted by Gasteiger charge is 2.22. The molecule has 34 heavy (non-hydrogen) atoms. The summed E-state index contributed by atoms with van der Waals surface area (Å²) in [6, 6.07) is 17.6. The first-order valence-corrected chi connectivity index (χ1v) is 13.0. The molecule has 2 heterocycles. The molecule has 0 radical (unpaired) electrons. The van der Waals surface area contributed by atoms with E-state index in [1.165, 1.54) is 16.6 Å². The minimum Gasteiger partial charge on any atom is -0.325 e. The molecular weight excluding hydrogens is 472 g/mol. The van der Waals surface area contributed by atoms with E-state index in [1.807, 2.05) is 42.5 Å².